The predicted molar refractivity (Wildman–Crippen MR) is 440 cm³/mol. The number of fused-ring (bicyclic) bond motifs is 15. The van der Waals surface area contributed by atoms with Crippen LogP contribution in [0.4, 0.5) is 0 Å². The van der Waals surface area contributed by atoms with Crippen molar-refractivity contribution in [1.29, 1.82) is 0 Å². The highest BCUT2D eigenvalue weighted by Crippen LogP contribution is 2.44. The molecule has 0 aliphatic heterocycles. The molecule has 104 heavy (non-hydrogen) atoms. The minimum atomic E-state index is 0.920. The number of aromatic nitrogens is 4. The van der Waals surface area contributed by atoms with Crippen molar-refractivity contribution in [2.75, 3.05) is 0 Å². The second-order valence-electron chi connectivity index (χ2n) is 27.1. The first-order chi connectivity index (χ1) is 51.5. The van der Waals surface area contributed by atoms with Crippen LogP contribution in [-0.2, 0) is 0 Å². The van der Waals surface area contributed by atoms with Crippen molar-refractivity contribution < 1.29 is 0 Å². The Kier molecular flexibility index (Phi) is 14.5. The molecule has 0 saturated carbocycles. The molecule has 0 aliphatic rings. The van der Waals surface area contributed by atoms with Gasteiger partial charge in [0.2, 0.25) is 0 Å². The number of pyridine rings is 4. The fraction of sp³-hybridized carbons (Fsp3) is 0. The van der Waals surface area contributed by atoms with E-state index >= 15 is 0 Å². The van der Waals surface area contributed by atoms with Gasteiger partial charge in [0.15, 0.2) is 0 Å². The molecule has 0 spiro atoms. The van der Waals surface area contributed by atoms with Crippen molar-refractivity contribution in [2.45, 2.75) is 0 Å². The summed E-state index contributed by atoms with van der Waals surface area (Å²) in [6.07, 6.45) is 1.85. The molecule has 482 valence electrons. The van der Waals surface area contributed by atoms with Gasteiger partial charge in [-0.05, 0) is 169 Å². The molecule has 21 aromatic rings. The summed E-state index contributed by atoms with van der Waals surface area (Å²) in [5.41, 5.74) is 24.7. The van der Waals surface area contributed by atoms with Crippen LogP contribution in [0.5, 0.6) is 0 Å². The quantitative estimate of drug-likeness (QED) is 0.112. The third-order valence-corrected chi connectivity index (χ3v) is 21.1. The third-order valence-electron chi connectivity index (χ3n) is 21.1. The van der Waals surface area contributed by atoms with Gasteiger partial charge in [-0.2, -0.15) is 0 Å². The number of hydrogen-bond acceptors (Lipinski definition) is 4. The van der Waals surface area contributed by atoms with E-state index in [4.69, 9.17) is 19.9 Å². The van der Waals surface area contributed by atoms with Gasteiger partial charge in [0.05, 0.1) is 38.8 Å². The fourth-order valence-electron chi connectivity index (χ4n) is 16.0. The Balaban J connectivity index is 0.000000140. The zero-order valence-electron chi connectivity index (χ0n) is 56.6. The molecule has 0 atom stereocenters. The number of nitrogens with zero attached hydrogens (tertiary/aromatic N) is 4. The topological polar surface area (TPSA) is 51.6 Å². The van der Waals surface area contributed by atoms with E-state index in [0.717, 1.165) is 82.2 Å². The van der Waals surface area contributed by atoms with Gasteiger partial charge in [-0.1, -0.05) is 322 Å². The number of para-hydroxylation sites is 2. The Morgan fingerprint density at radius 1 is 0.163 bits per heavy atom. The van der Waals surface area contributed by atoms with Crippen LogP contribution in [0.3, 0.4) is 0 Å². The zero-order valence-corrected chi connectivity index (χ0v) is 56.6. The summed E-state index contributed by atoms with van der Waals surface area (Å²) >= 11 is 0. The fourth-order valence-corrected chi connectivity index (χ4v) is 16.0. The van der Waals surface area contributed by atoms with Crippen LogP contribution in [0, 0.1) is 0 Å². The van der Waals surface area contributed by atoms with Crippen LogP contribution < -0.4 is 0 Å². The summed E-state index contributed by atoms with van der Waals surface area (Å²) in [6, 6.07) is 133. The number of rotatable bonds is 8. The summed E-state index contributed by atoms with van der Waals surface area (Å²) in [5, 5.41) is 19.3. The van der Waals surface area contributed by atoms with Crippen LogP contribution in [0.25, 0.3) is 208 Å². The summed E-state index contributed by atoms with van der Waals surface area (Å²) in [7, 11) is 0. The molecular formula is C100H62N4. The maximum Gasteiger partial charge on any atom is 0.0978 e. The molecule has 0 N–H and O–H groups in total. The van der Waals surface area contributed by atoms with Gasteiger partial charge >= 0.3 is 0 Å². The van der Waals surface area contributed by atoms with E-state index in [-0.39, 0.29) is 0 Å². The third kappa shape index (κ3) is 10.5. The standard InChI is InChI=1S/C54H34N2.C46H28N2/c1-3-10-35(11-4-1)43-27-24-39-28-31-46-44(15-9-16-45(46)49(39)34-43)38-22-18-36(19-23-38)37-20-25-41(26-21-37)52-47-14-7-8-17-51(47)56-54-48(52)32-29-42-30-33-50(55-53(42)54)40-12-5-2-6-13-40;1-2-8-29(9-3-1)34-16-15-30-21-23-39-37(12-6-13-38(39)42(30)28-34)35-19-17-33-27-36(20-18-32(33)26-35)44-40-11-4-5-14-43(40)48-46-41(44)24-22-31-10-7-25-47-45(31)46/h1-34H;1-28H. The zero-order chi connectivity index (χ0) is 68.6. The van der Waals surface area contributed by atoms with Crippen molar-refractivity contribution in [3.8, 4) is 89.1 Å². The van der Waals surface area contributed by atoms with Gasteiger partial charge in [0.1, 0.15) is 0 Å². The van der Waals surface area contributed by atoms with E-state index in [1.165, 1.54) is 126 Å². The van der Waals surface area contributed by atoms with Crippen molar-refractivity contribution in [1.82, 2.24) is 19.9 Å². The highest BCUT2D eigenvalue weighted by atomic mass is 14.8. The predicted octanol–water partition coefficient (Wildman–Crippen LogP) is 27.0. The molecule has 0 aliphatic carbocycles. The summed E-state index contributed by atoms with van der Waals surface area (Å²) < 4.78 is 0. The van der Waals surface area contributed by atoms with E-state index in [1.807, 2.05) is 18.3 Å². The van der Waals surface area contributed by atoms with Crippen LogP contribution in [0.15, 0.2) is 376 Å². The Morgan fingerprint density at radius 2 is 0.558 bits per heavy atom. The first kappa shape index (κ1) is 60.2. The van der Waals surface area contributed by atoms with Crippen LogP contribution in [0.1, 0.15) is 0 Å². The molecule has 17 aromatic carbocycles. The average Bonchev–Trinajstić information content (AvgIpc) is 0.765. The minimum absolute atomic E-state index is 0.920. The Labute approximate surface area is 600 Å². The molecule has 4 heteroatoms. The van der Waals surface area contributed by atoms with Crippen molar-refractivity contribution >= 4 is 119 Å². The highest BCUT2D eigenvalue weighted by Gasteiger charge is 2.19. The monoisotopic (exact) mass is 1320 g/mol. The first-order valence-electron chi connectivity index (χ1n) is 35.6. The molecule has 4 aromatic heterocycles. The van der Waals surface area contributed by atoms with Gasteiger partial charge in [0.25, 0.3) is 0 Å². The molecule has 4 nitrogen and oxygen atoms in total. The maximum atomic E-state index is 5.21. The molecular weight excluding hydrogens is 1260 g/mol. The molecule has 0 fully saturated rings. The van der Waals surface area contributed by atoms with Gasteiger partial charge in [-0.15, -0.1) is 0 Å². The van der Waals surface area contributed by atoms with Crippen molar-refractivity contribution in [3.05, 3.63) is 376 Å². The van der Waals surface area contributed by atoms with Crippen LogP contribution in [0.2, 0.25) is 0 Å². The Hall–Kier alpha value is -13.8. The van der Waals surface area contributed by atoms with Gasteiger partial charge in [-0.3, -0.25) is 4.98 Å². The van der Waals surface area contributed by atoms with E-state index in [2.05, 4.69) is 358 Å². The van der Waals surface area contributed by atoms with E-state index < -0.39 is 0 Å². The van der Waals surface area contributed by atoms with E-state index in [1.54, 1.807) is 0 Å². The Morgan fingerprint density at radius 3 is 1.14 bits per heavy atom. The highest BCUT2D eigenvalue weighted by molar-refractivity contribution is 6.19. The summed E-state index contributed by atoms with van der Waals surface area (Å²) in [6.45, 7) is 0. The van der Waals surface area contributed by atoms with Crippen molar-refractivity contribution in [2.24, 2.45) is 0 Å². The van der Waals surface area contributed by atoms with Gasteiger partial charge in [-0.25, -0.2) is 15.0 Å². The lowest BCUT2D eigenvalue weighted by molar-refractivity contribution is 1.39. The number of hydrogen-bond donors (Lipinski definition) is 0. The normalized spacial score (nSPS) is 11.7. The molecule has 0 amide bonds. The largest absolute Gasteiger partial charge is 0.254 e. The molecule has 4 heterocycles. The number of benzene rings is 17. The molecule has 0 radical (unpaired) electrons. The van der Waals surface area contributed by atoms with E-state index in [9.17, 15) is 0 Å². The molecule has 0 saturated heterocycles. The summed E-state index contributed by atoms with van der Waals surface area (Å²) in [4.78, 5) is 20.2. The SMILES string of the molecule is c1ccc(-c2ccc3ccc4c(-c5ccc(-c6ccc(-c7c8ccccc8nc8c7ccc7ccc(-c9ccccc9)nc78)cc6)cc5)cccc4c3c2)cc1.c1ccc(-c2ccc3ccc4c(-c5ccc6cc(-c7c8ccccc8nc8c7ccc7cccnc78)ccc6c5)cccc4c3c2)cc1. The molecule has 0 unspecified atom stereocenters. The van der Waals surface area contributed by atoms with Gasteiger partial charge < -0.3 is 0 Å². The van der Waals surface area contributed by atoms with Crippen LogP contribution in [-0.4, -0.2) is 19.9 Å². The molecule has 21 rings (SSSR count). The second-order valence-corrected chi connectivity index (χ2v) is 27.1. The minimum Gasteiger partial charge on any atom is -0.254 e. The van der Waals surface area contributed by atoms with Crippen LogP contribution >= 0.6 is 0 Å². The lowest BCUT2D eigenvalue weighted by Gasteiger charge is -2.14. The first-order valence-corrected chi connectivity index (χ1v) is 35.6. The average molecular weight is 1320 g/mol. The Bertz CT molecular complexity index is 6990. The molecule has 0 bridgehead atoms. The second kappa shape index (κ2) is 25.1. The smallest absolute Gasteiger partial charge is 0.0978 e. The van der Waals surface area contributed by atoms with Gasteiger partial charge in [0, 0.05) is 55.2 Å². The lowest BCUT2D eigenvalue weighted by Crippen LogP contribution is -1.93. The van der Waals surface area contributed by atoms with Crippen molar-refractivity contribution in [3.63, 3.8) is 0 Å². The van der Waals surface area contributed by atoms with E-state index in [0.29, 0.717) is 0 Å². The lowest BCUT2D eigenvalue weighted by atomic mass is 9.91. The summed E-state index contributed by atoms with van der Waals surface area (Å²) in [5.74, 6) is 0. The maximum absolute atomic E-state index is 5.21.